The summed E-state index contributed by atoms with van der Waals surface area (Å²) in [4.78, 5) is 0. The molecule has 0 radical (unpaired) electrons. The van der Waals surface area contributed by atoms with Gasteiger partial charge in [-0.1, -0.05) is 0 Å². The zero-order valence-corrected chi connectivity index (χ0v) is 10.3. The van der Waals surface area contributed by atoms with Crippen molar-refractivity contribution in [3.05, 3.63) is 24.3 Å². The van der Waals surface area contributed by atoms with Crippen LogP contribution in [0, 0.1) is 5.92 Å². The summed E-state index contributed by atoms with van der Waals surface area (Å²) in [7, 11) is 0. The Morgan fingerprint density at radius 3 is 2.57 bits per heavy atom. The maximum absolute atomic E-state index is 9.07. The number of benzene rings is 1. The van der Waals surface area contributed by atoms with Crippen molar-refractivity contribution in [2.24, 2.45) is 5.92 Å². The van der Waals surface area contributed by atoms with Crippen LogP contribution in [-0.4, -0.2) is 27.0 Å². The molecule has 0 aliphatic carbocycles. The van der Waals surface area contributed by atoms with Crippen molar-refractivity contribution in [3.8, 4) is 5.75 Å². The van der Waals surface area contributed by atoms with Gasteiger partial charge in [-0.25, -0.2) is 0 Å². The van der Waals surface area contributed by atoms with Gasteiger partial charge in [-0.15, -0.1) is 0 Å². The van der Waals surface area contributed by atoms with E-state index < -0.39 is 0 Å². The van der Waals surface area contributed by atoms with Crippen LogP contribution in [0.2, 0.25) is 0 Å². The summed E-state index contributed by atoms with van der Waals surface area (Å²) >= 11 is 0.0805. The Morgan fingerprint density at radius 2 is 2.00 bits per heavy atom. The van der Waals surface area contributed by atoms with Gasteiger partial charge in [-0.3, -0.25) is 0 Å². The van der Waals surface area contributed by atoms with E-state index in [1.165, 1.54) is 4.46 Å². The number of aromatic hydroxyl groups is 1. The predicted octanol–water partition coefficient (Wildman–Crippen LogP) is 1.70. The van der Waals surface area contributed by atoms with Crippen molar-refractivity contribution in [2.45, 2.75) is 20.3 Å². The maximum atomic E-state index is 9.07. The number of phenolic OH excluding ortho intramolecular Hbond substituents is 1. The summed E-state index contributed by atoms with van der Waals surface area (Å²) in [5.41, 5.74) is 0. The molecular formula is C11H16O2Se. The molecule has 0 bridgehead atoms. The molecule has 1 aromatic carbocycles. The molecule has 0 aliphatic rings. The van der Waals surface area contributed by atoms with Crippen molar-refractivity contribution >= 4 is 19.7 Å². The van der Waals surface area contributed by atoms with Crippen LogP contribution < -0.4 is 4.46 Å². The average Bonchev–Trinajstić information content (AvgIpc) is 2.21. The molecule has 1 N–H and O–H groups in total. The summed E-state index contributed by atoms with van der Waals surface area (Å²) in [5, 5.41) is 9.07. The van der Waals surface area contributed by atoms with Gasteiger partial charge in [0, 0.05) is 0 Å². The van der Waals surface area contributed by atoms with Gasteiger partial charge < -0.3 is 0 Å². The molecule has 3 heteroatoms. The monoisotopic (exact) mass is 260 g/mol. The summed E-state index contributed by atoms with van der Waals surface area (Å²) in [6.07, 6.45) is 1.16. The van der Waals surface area contributed by atoms with Crippen molar-refractivity contribution in [1.82, 2.24) is 0 Å². The van der Waals surface area contributed by atoms with E-state index in [9.17, 15) is 0 Å². The van der Waals surface area contributed by atoms with E-state index >= 15 is 0 Å². The summed E-state index contributed by atoms with van der Waals surface area (Å²) in [6, 6.07) is 7.21. The Kier molecular flexibility index (Phi) is 5.02. The van der Waals surface area contributed by atoms with E-state index in [1.807, 2.05) is 12.1 Å². The number of phenols is 1. The minimum atomic E-state index is 0.0805. The molecule has 1 atom stereocenters. The topological polar surface area (TPSA) is 29.5 Å². The molecule has 78 valence electrons. The Hall–Kier alpha value is -0.501. The van der Waals surface area contributed by atoms with Crippen LogP contribution in [0.15, 0.2) is 24.3 Å². The molecule has 0 aliphatic heterocycles. The Balaban J connectivity index is 2.28. The van der Waals surface area contributed by atoms with Crippen LogP contribution in [0.5, 0.6) is 5.75 Å². The quantitative estimate of drug-likeness (QED) is 0.815. The summed E-state index contributed by atoms with van der Waals surface area (Å²) in [5.74, 6) is 0.945. The van der Waals surface area contributed by atoms with Gasteiger partial charge >= 0.3 is 91.5 Å². The molecule has 1 rings (SSSR count). The minimum absolute atomic E-state index is 0.0805. The van der Waals surface area contributed by atoms with Crippen LogP contribution in [0.1, 0.15) is 20.3 Å². The fourth-order valence-corrected chi connectivity index (χ4v) is 2.27. The first-order valence-electron chi connectivity index (χ1n) is 4.81. The Labute approximate surface area is 91.8 Å². The van der Waals surface area contributed by atoms with Crippen molar-refractivity contribution < 1.29 is 8.93 Å². The van der Waals surface area contributed by atoms with Gasteiger partial charge in [0.15, 0.2) is 0 Å². The second kappa shape index (κ2) is 6.07. The molecule has 14 heavy (non-hydrogen) atoms. The molecule has 0 saturated carbocycles. The van der Waals surface area contributed by atoms with Gasteiger partial charge in [-0.05, 0) is 0 Å². The van der Waals surface area contributed by atoms with Crippen LogP contribution in [0.25, 0.3) is 0 Å². The first-order chi connectivity index (χ1) is 6.72. The van der Waals surface area contributed by atoms with Gasteiger partial charge in [0.2, 0.25) is 0 Å². The first kappa shape index (κ1) is 11.6. The number of rotatable bonds is 5. The van der Waals surface area contributed by atoms with E-state index in [0.29, 0.717) is 11.7 Å². The van der Waals surface area contributed by atoms with Crippen LogP contribution >= 0.6 is 0 Å². The normalized spacial score (nSPS) is 12.7. The fraction of sp³-hybridized carbons (Fsp3) is 0.455. The molecule has 0 saturated heterocycles. The molecule has 0 amide bonds. The third kappa shape index (κ3) is 4.14. The van der Waals surface area contributed by atoms with E-state index in [0.717, 1.165) is 13.0 Å². The van der Waals surface area contributed by atoms with Crippen LogP contribution in [-0.2, 0) is 3.82 Å². The predicted molar refractivity (Wildman–Crippen MR) is 58.9 cm³/mol. The SMILES string of the molecule is CC[C@H](C)CO[Se]c1ccc(O)cc1. The van der Waals surface area contributed by atoms with E-state index in [4.69, 9.17) is 8.93 Å². The molecular weight excluding hydrogens is 243 g/mol. The molecule has 0 aromatic heterocycles. The standard InChI is InChI=1S/C11H16O2Se/c1-3-9(2)8-13-14-11-6-4-10(12)5-7-11/h4-7,9,12H,3,8H2,1-2H3/t9-/m0/s1. The fourth-order valence-electron chi connectivity index (χ4n) is 0.838. The molecule has 0 unspecified atom stereocenters. The van der Waals surface area contributed by atoms with Gasteiger partial charge in [0.05, 0.1) is 0 Å². The van der Waals surface area contributed by atoms with Crippen LogP contribution in [0.4, 0.5) is 0 Å². The van der Waals surface area contributed by atoms with Gasteiger partial charge in [0.25, 0.3) is 0 Å². The summed E-state index contributed by atoms with van der Waals surface area (Å²) in [6.45, 7) is 5.19. The Morgan fingerprint density at radius 1 is 1.36 bits per heavy atom. The number of hydrogen-bond donors (Lipinski definition) is 1. The van der Waals surface area contributed by atoms with Crippen molar-refractivity contribution in [3.63, 3.8) is 0 Å². The second-order valence-electron chi connectivity index (χ2n) is 3.38. The van der Waals surface area contributed by atoms with Gasteiger partial charge in [-0.2, -0.15) is 0 Å². The average molecular weight is 259 g/mol. The van der Waals surface area contributed by atoms with E-state index in [-0.39, 0.29) is 15.3 Å². The van der Waals surface area contributed by atoms with Crippen LogP contribution in [0.3, 0.4) is 0 Å². The number of hydrogen-bond acceptors (Lipinski definition) is 2. The third-order valence-electron chi connectivity index (χ3n) is 2.04. The van der Waals surface area contributed by atoms with E-state index in [2.05, 4.69) is 13.8 Å². The zero-order chi connectivity index (χ0) is 10.4. The third-order valence-corrected chi connectivity index (χ3v) is 3.55. The molecule has 1 aromatic rings. The summed E-state index contributed by atoms with van der Waals surface area (Å²) < 4.78 is 6.76. The second-order valence-corrected chi connectivity index (χ2v) is 5.21. The zero-order valence-electron chi connectivity index (χ0n) is 8.56. The molecule has 0 spiro atoms. The van der Waals surface area contributed by atoms with Crippen molar-refractivity contribution in [1.29, 1.82) is 0 Å². The molecule has 0 fully saturated rings. The van der Waals surface area contributed by atoms with Gasteiger partial charge in [0.1, 0.15) is 0 Å². The van der Waals surface area contributed by atoms with E-state index in [1.54, 1.807) is 12.1 Å². The molecule has 0 heterocycles. The first-order valence-corrected chi connectivity index (χ1v) is 6.36. The molecule has 2 nitrogen and oxygen atoms in total. The van der Waals surface area contributed by atoms with Crippen molar-refractivity contribution in [2.75, 3.05) is 6.61 Å². The Bertz CT molecular complexity index is 258.